The van der Waals surface area contributed by atoms with Crippen LogP contribution in [0.25, 0.3) is 0 Å². The van der Waals surface area contributed by atoms with E-state index in [1.165, 1.54) is 0 Å². The van der Waals surface area contributed by atoms with Crippen LogP contribution in [-0.4, -0.2) is 17.4 Å². The van der Waals surface area contributed by atoms with Crippen molar-refractivity contribution in [3.63, 3.8) is 0 Å². The maximum atomic E-state index is 12.7. The first-order valence-corrected chi connectivity index (χ1v) is 7.99. The number of benzene rings is 2. The lowest BCUT2D eigenvalue weighted by atomic mass is 10.1. The van der Waals surface area contributed by atoms with Gasteiger partial charge in [0.1, 0.15) is 0 Å². The number of hydrogen-bond acceptors (Lipinski definition) is 1. The molecule has 0 atom stereocenters. The quantitative estimate of drug-likeness (QED) is 0.739. The number of halogens is 2. The summed E-state index contributed by atoms with van der Waals surface area (Å²) >= 11 is 9.64. The summed E-state index contributed by atoms with van der Waals surface area (Å²) < 4.78 is 0.815. The molecule has 2 aromatic rings. The van der Waals surface area contributed by atoms with Gasteiger partial charge in [0, 0.05) is 22.6 Å². The summed E-state index contributed by atoms with van der Waals surface area (Å²) in [7, 11) is 0. The molecular weight excluding hydrogens is 350 g/mol. The first-order valence-electron chi connectivity index (χ1n) is 6.81. The molecule has 0 fully saturated rings. The monoisotopic (exact) mass is 365 g/mol. The van der Waals surface area contributed by atoms with Crippen molar-refractivity contribution in [2.75, 3.05) is 6.54 Å². The van der Waals surface area contributed by atoms with Crippen LogP contribution in [-0.2, 0) is 6.54 Å². The number of carbonyl (C=O) groups excluding carboxylic acids is 1. The molecule has 0 aliphatic heterocycles. The van der Waals surface area contributed by atoms with E-state index in [-0.39, 0.29) is 5.91 Å². The minimum atomic E-state index is 0.00740. The molecule has 0 heterocycles. The van der Waals surface area contributed by atoms with Gasteiger partial charge in [0.15, 0.2) is 0 Å². The summed E-state index contributed by atoms with van der Waals surface area (Å²) in [6, 6.07) is 13.4. The Balaban J connectivity index is 2.27. The molecule has 2 nitrogen and oxygen atoms in total. The molecule has 0 saturated carbocycles. The van der Waals surface area contributed by atoms with Crippen molar-refractivity contribution in [2.24, 2.45) is 0 Å². The normalized spacial score (nSPS) is 10.5. The van der Waals surface area contributed by atoms with Crippen LogP contribution in [0.1, 0.15) is 28.4 Å². The fourth-order valence-corrected chi connectivity index (χ4v) is 2.74. The molecule has 0 spiro atoms. The van der Waals surface area contributed by atoms with E-state index < -0.39 is 0 Å². The second-order valence-corrected chi connectivity index (χ2v) is 6.16. The van der Waals surface area contributed by atoms with Gasteiger partial charge < -0.3 is 4.90 Å². The Hall–Kier alpha value is -1.32. The van der Waals surface area contributed by atoms with E-state index in [9.17, 15) is 4.79 Å². The second kappa shape index (κ2) is 7.10. The third kappa shape index (κ3) is 3.86. The molecule has 0 N–H and O–H groups in total. The molecule has 0 aliphatic rings. The van der Waals surface area contributed by atoms with Gasteiger partial charge in [-0.3, -0.25) is 4.79 Å². The average molecular weight is 367 g/mol. The van der Waals surface area contributed by atoms with Crippen molar-refractivity contribution in [1.82, 2.24) is 4.90 Å². The summed E-state index contributed by atoms with van der Waals surface area (Å²) in [5, 5.41) is 0.687. The van der Waals surface area contributed by atoms with Gasteiger partial charge in [-0.25, -0.2) is 0 Å². The second-order valence-electron chi connectivity index (χ2n) is 4.89. The lowest BCUT2D eigenvalue weighted by Crippen LogP contribution is -2.30. The largest absolute Gasteiger partial charge is 0.335 e. The molecule has 0 saturated heterocycles. The third-order valence-corrected chi connectivity index (χ3v) is 4.40. The maximum absolute atomic E-state index is 12.7. The molecule has 0 bridgehead atoms. The number of hydrogen-bond donors (Lipinski definition) is 0. The van der Waals surface area contributed by atoms with Crippen LogP contribution in [0.15, 0.2) is 46.9 Å². The highest BCUT2D eigenvalue weighted by Gasteiger charge is 2.18. The number of nitrogens with zero attached hydrogens (tertiary/aromatic N) is 1. The number of rotatable bonds is 4. The van der Waals surface area contributed by atoms with E-state index in [0.717, 1.165) is 15.6 Å². The molecule has 110 valence electrons. The molecule has 1 amide bonds. The molecular formula is C17H17BrClNO. The van der Waals surface area contributed by atoms with Crippen LogP contribution in [0.4, 0.5) is 0 Å². The van der Waals surface area contributed by atoms with Gasteiger partial charge in [0.05, 0.1) is 5.56 Å². The van der Waals surface area contributed by atoms with Gasteiger partial charge in [-0.05, 0) is 53.5 Å². The fourth-order valence-electron chi connectivity index (χ4n) is 2.13. The SMILES string of the molecule is CCN(Cc1ccccc1Cl)C(=O)c1cc(C)ccc1Br. The van der Waals surface area contributed by atoms with Crippen LogP contribution in [0.2, 0.25) is 5.02 Å². The predicted octanol–water partition coefficient (Wildman–Crippen LogP) is 5.07. The lowest BCUT2D eigenvalue weighted by molar-refractivity contribution is 0.0751. The minimum absolute atomic E-state index is 0.00740. The van der Waals surface area contributed by atoms with Gasteiger partial charge >= 0.3 is 0 Å². The van der Waals surface area contributed by atoms with Gasteiger partial charge in [0.25, 0.3) is 5.91 Å². The van der Waals surface area contributed by atoms with Gasteiger partial charge in [-0.15, -0.1) is 0 Å². The van der Waals surface area contributed by atoms with Crippen LogP contribution in [0.5, 0.6) is 0 Å². The molecule has 2 aromatic carbocycles. The molecule has 0 unspecified atom stereocenters. The summed E-state index contributed by atoms with van der Waals surface area (Å²) in [6.07, 6.45) is 0. The van der Waals surface area contributed by atoms with Crippen LogP contribution in [0, 0.1) is 6.92 Å². The maximum Gasteiger partial charge on any atom is 0.255 e. The van der Waals surface area contributed by atoms with Gasteiger partial charge in [-0.1, -0.05) is 41.4 Å². The first kappa shape index (κ1) is 16.1. The molecule has 21 heavy (non-hydrogen) atoms. The summed E-state index contributed by atoms with van der Waals surface area (Å²) in [5.74, 6) is 0.00740. The molecule has 4 heteroatoms. The zero-order chi connectivity index (χ0) is 15.4. The lowest BCUT2D eigenvalue weighted by Gasteiger charge is -2.22. The smallest absolute Gasteiger partial charge is 0.255 e. The Bertz CT molecular complexity index is 657. The standard InChI is InChI=1S/C17H17BrClNO/c1-3-20(11-13-6-4-5-7-16(13)19)17(21)14-10-12(2)8-9-15(14)18/h4-10H,3,11H2,1-2H3. The molecule has 0 radical (unpaired) electrons. The van der Waals surface area contributed by atoms with Crippen molar-refractivity contribution in [1.29, 1.82) is 0 Å². The fraction of sp³-hybridized carbons (Fsp3) is 0.235. The predicted molar refractivity (Wildman–Crippen MR) is 90.7 cm³/mol. The van der Waals surface area contributed by atoms with E-state index in [4.69, 9.17) is 11.6 Å². The van der Waals surface area contributed by atoms with Crippen LogP contribution < -0.4 is 0 Å². The van der Waals surface area contributed by atoms with Gasteiger partial charge in [0.2, 0.25) is 0 Å². The summed E-state index contributed by atoms with van der Waals surface area (Å²) in [5.41, 5.74) is 2.71. The van der Waals surface area contributed by atoms with Crippen molar-refractivity contribution in [2.45, 2.75) is 20.4 Å². The average Bonchev–Trinajstić information content (AvgIpc) is 2.48. The highest BCUT2D eigenvalue weighted by molar-refractivity contribution is 9.10. The van der Waals surface area contributed by atoms with E-state index in [0.29, 0.717) is 23.7 Å². The summed E-state index contributed by atoms with van der Waals surface area (Å²) in [6.45, 7) is 5.09. The molecule has 0 aliphatic carbocycles. The molecule has 2 rings (SSSR count). The van der Waals surface area contributed by atoms with Crippen LogP contribution in [0.3, 0.4) is 0 Å². The highest BCUT2D eigenvalue weighted by Crippen LogP contribution is 2.22. The van der Waals surface area contributed by atoms with E-state index >= 15 is 0 Å². The van der Waals surface area contributed by atoms with E-state index in [1.807, 2.05) is 56.3 Å². The van der Waals surface area contributed by atoms with Crippen molar-refractivity contribution in [3.8, 4) is 0 Å². The van der Waals surface area contributed by atoms with E-state index in [1.54, 1.807) is 4.90 Å². The van der Waals surface area contributed by atoms with Crippen molar-refractivity contribution < 1.29 is 4.79 Å². The zero-order valence-corrected chi connectivity index (χ0v) is 14.4. The Morgan fingerprint density at radius 3 is 2.62 bits per heavy atom. The number of amides is 1. The number of carbonyl (C=O) groups is 1. The first-order chi connectivity index (χ1) is 10.0. The zero-order valence-electron chi connectivity index (χ0n) is 12.1. The highest BCUT2D eigenvalue weighted by atomic mass is 79.9. The Labute approximate surface area is 138 Å². The van der Waals surface area contributed by atoms with Crippen molar-refractivity contribution in [3.05, 3.63) is 68.7 Å². The van der Waals surface area contributed by atoms with E-state index in [2.05, 4.69) is 15.9 Å². The minimum Gasteiger partial charge on any atom is -0.335 e. The van der Waals surface area contributed by atoms with Crippen LogP contribution >= 0.6 is 27.5 Å². The topological polar surface area (TPSA) is 20.3 Å². The Morgan fingerprint density at radius 1 is 1.24 bits per heavy atom. The van der Waals surface area contributed by atoms with Gasteiger partial charge in [-0.2, -0.15) is 0 Å². The third-order valence-electron chi connectivity index (χ3n) is 3.34. The Morgan fingerprint density at radius 2 is 1.95 bits per heavy atom. The number of aryl methyl sites for hydroxylation is 1. The Kier molecular flexibility index (Phi) is 5.43. The molecule has 0 aromatic heterocycles. The van der Waals surface area contributed by atoms with Crippen molar-refractivity contribution >= 4 is 33.4 Å². The summed E-state index contributed by atoms with van der Waals surface area (Å²) in [4.78, 5) is 14.5.